The third-order valence-electron chi connectivity index (χ3n) is 2.85. The van der Waals surface area contributed by atoms with E-state index in [0.29, 0.717) is 3.57 Å². The second-order valence-corrected chi connectivity index (χ2v) is 6.33. The molecule has 0 amide bonds. The summed E-state index contributed by atoms with van der Waals surface area (Å²) in [5.41, 5.74) is 0.809. The van der Waals surface area contributed by atoms with Crippen molar-refractivity contribution in [3.8, 4) is 0 Å². The van der Waals surface area contributed by atoms with E-state index in [4.69, 9.17) is 0 Å². The first-order valence-corrected chi connectivity index (χ1v) is 7.54. The first kappa shape index (κ1) is 13.1. The second kappa shape index (κ2) is 5.14. The van der Waals surface area contributed by atoms with Crippen molar-refractivity contribution >= 4 is 45.2 Å². The van der Waals surface area contributed by atoms with E-state index in [2.05, 4.69) is 24.2 Å². The van der Waals surface area contributed by atoms with Crippen molar-refractivity contribution in [1.82, 2.24) is 0 Å². The molecule has 0 spiro atoms. The second-order valence-electron chi connectivity index (χ2n) is 4.28. The zero-order valence-corrected chi connectivity index (χ0v) is 12.7. The van der Waals surface area contributed by atoms with Gasteiger partial charge >= 0.3 is 0 Å². The molecule has 1 N–H and O–H groups in total. The maximum atomic E-state index is 13.4. The number of nitrogens with zero attached hydrogens (tertiary/aromatic N) is 1. The predicted molar refractivity (Wildman–Crippen MR) is 81.3 cm³/mol. The van der Waals surface area contributed by atoms with Crippen LogP contribution in [-0.2, 0) is 0 Å². The molecule has 1 aromatic carbocycles. The van der Waals surface area contributed by atoms with Gasteiger partial charge < -0.3 is 5.32 Å². The van der Waals surface area contributed by atoms with Crippen molar-refractivity contribution in [3.63, 3.8) is 0 Å². The summed E-state index contributed by atoms with van der Waals surface area (Å²) in [4.78, 5) is 4.65. The number of thioether (sulfide) groups is 1. The zero-order chi connectivity index (χ0) is 12.5. The van der Waals surface area contributed by atoms with Gasteiger partial charge in [-0.25, -0.2) is 4.39 Å². The normalized spacial score (nSPS) is 23.6. The van der Waals surface area contributed by atoms with Crippen molar-refractivity contribution in [2.45, 2.75) is 25.8 Å². The molecule has 92 valence electrons. The molecule has 17 heavy (non-hydrogen) atoms. The Morgan fingerprint density at radius 3 is 3.00 bits per heavy atom. The molecule has 1 unspecified atom stereocenters. The summed E-state index contributed by atoms with van der Waals surface area (Å²) < 4.78 is 14.0. The van der Waals surface area contributed by atoms with E-state index in [-0.39, 0.29) is 11.4 Å². The average Bonchev–Trinajstić information content (AvgIpc) is 2.68. The van der Waals surface area contributed by atoms with Crippen molar-refractivity contribution in [1.29, 1.82) is 0 Å². The summed E-state index contributed by atoms with van der Waals surface area (Å²) in [6.45, 7) is 4.28. The van der Waals surface area contributed by atoms with Gasteiger partial charge in [0, 0.05) is 5.75 Å². The molecule has 1 aliphatic rings. The topological polar surface area (TPSA) is 24.4 Å². The van der Waals surface area contributed by atoms with Gasteiger partial charge in [0.05, 0.1) is 14.8 Å². The number of hydrogen-bond acceptors (Lipinski definition) is 3. The van der Waals surface area contributed by atoms with Gasteiger partial charge in [0.25, 0.3) is 0 Å². The first-order valence-electron chi connectivity index (χ1n) is 5.48. The van der Waals surface area contributed by atoms with E-state index in [1.54, 1.807) is 17.8 Å². The van der Waals surface area contributed by atoms with E-state index >= 15 is 0 Å². The maximum absolute atomic E-state index is 13.4. The number of nitrogens with one attached hydrogen (secondary N) is 1. The summed E-state index contributed by atoms with van der Waals surface area (Å²) >= 11 is 3.70. The van der Waals surface area contributed by atoms with Crippen LogP contribution >= 0.6 is 34.4 Å². The predicted octanol–water partition coefficient (Wildman–Crippen LogP) is 4.11. The smallest absolute Gasteiger partial charge is 0.161 e. The molecule has 0 fully saturated rings. The summed E-state index contributed by atoms with van der Waals surface area (Å²) in [7, 11) is 0. The van der Waals surface area contributed by atoms with Crippen LogP contribution in [0.2, 0.25) is 0 Å². The number of aliphatic imine (C=N–C) groups is 1. The molecule has 1 aromatic rings. The molecule has 5 heteroatoms. The standard InChI is InChI=1S/C12H14FIN2S/c1-3-12(2)7-17-11(16-12)15-9-6-4-5-8(13)10(9)14/h4-6H,3,7H2,1-2H3,(H,15,16). The molecule has 1 heterocycles. The fourth-order valence-electron chi connectivity index (χ4n) is 1.49. The number of hydrogen-bond donors (Lipinski definition) is 1. The number of rotatable bonds is 2. The minimum Gasteiger partial charge on any atom is -0.334 e. The van der Waals surface area contributed by atoms with Gasteiger partial charge in [-0.3, -0.25) is 4.99 Å². The molecule has 2 nitrogen and oxygen atoms in total. The molecule has 0 aliphatic carbocycles. The van der Waals surface area contributed by atoms with Gasteiger partial charge in [-0.1, -0.05) is 24.8 Å². The summed E-state index contributed by atoms with van der Waals surface area (Å²) in [5, 5.41) is 4.09. The highest BCUT2D eigenvalue weighted by Gasteiger charge is 2.28. The molecular weight excluding hydrogens is 350 g/mol. The third-order valence-corrected chi connectivity index (χ3v) is 5.18. The molecule has 0 saturated heterocycles. The number of benzene rings is 1. The Labute approximate surface area is 119 Å². The molecule has 0 bridgehead atoms. The van der Waals surface area contributed by atoms with E-state index in [1.165, 1.54) is 6.07 Å². The Kier molecular flexibility index (Phi) is 3.97. The zero-order valence-electron chi connectivity index (χ0n) is 9.76. The highest BCUT2D eigenvalue weighted by molar-refractivity contribution is 14.1. The van der Waals surface area contributed by atoms with Gasteiger partial charge in [-0.05, 0) is 48.1 Å². The Morgan fingerprint density at radius 2 is 2.35 bits per heavy atom. The molecule has 2 rings (SSSR count). The van der Waals surface area contributed by atoms with E-state index in [9.17, 15) is 4.39 Å². The van der Waals surface area contributed by atoms with Crippen LogP contribution in [0.3, 0.4) is 0 Å². The third kappa shape index (κ3) is 2.93. The van der Waals surface area contributed by atoms with Gasteiger partial charge in [-0.15, -0.1) is 0 Å². The molecular formula is C12H14FIN2S. The summed E-state index contributed by atoms with van der Waals surface area (Å²) in [6.07, 6.45) is 1.02. The minimum atomic E-state index is -0.197. The van der Waals surface area contributed by atoms with Crippen LogP contribution in [0.15, 0.2) is 23.2 Å². The molecule has 0 aromatic heterocycles. The molecule has 1 atom stereocenters. The highest BCUT2D eigenvalue weighted by atomic mass is 127. The number of halogens is 2. The monoisotopic (exact) mass is 364 g/mol. The Morgan fingerprint density at radius 1 is 1.59 bits per heavy atom. The van der Waals surface area contributed by atoms with Crippen molar-refractivity contribution < 1.29 is 4.39 Å². The van der Waals surface area contributed by atoms with Crippen LogP contribution in [-0.4, -0.2) is 16.5 Å². The van der Waals surface area contributed by atoms with E-state index < -0.39 is 0 Å². The lowest BCUT2D eigenvalue weighted by atomic mass is 10.0. The van der Waals surface area contributed by atoms with E-state index in [1.807, 2.05) is 28.7 Å². The van der Waals surface area contributed by atoms with E-state index in [0.717, 1.165) is 23.0 Å². The fourth-order valence-corrected chi connectivity index (χ4v) is 3.17. The molecule has 0 radical (unpaired) electrons. The van der Waals surface area contributed by atoms with Crippen LogP contribution < -0.4 is 5.32 Å². The lowest BCUT2D eigenvalue weighted by Gasteiger charge is -2.15. The van der Waals surface area contributed by atoms with Crippen LogP contribution in [0, 0.1) is 9.39 Å². The molecule has 0 saturated carbocycles. The Balaban J connectivity index is 2.18. The SMILES string of the molecule is CCC1(C)CSC(Nc2cccc(F)c2I)=N1. The summed E-state index contributed by atoms with van der Waals surface area (Å²) in [6, 6.07) is 5.04. The summed E-state index contributed by atoms with van der Waals surface area (Å²) in [5.74, 6) is 0.787. The van der Waals surface area contributed by atoms with Gasteiger partial charge in [0.15, 0.2) is 5.17 Å². The lowest BCUT2D eigenvalue weighted by Crippen LogP contribution is -2.20. The fraction of sp³-hybridized carbons (Fsp3) is 0.417. The Bertz CT molecular complexity index is 464. The average molecular weight is 364 g/mol. The van der Waals surface area contributed by atoms with Crippen molar-refractivity contribution in [3.05, 3.63) is 27.6 Å². The maximum Gasteiger partial charge on any atom is 0.161 e. The van der Waals surface area contributed by atoms with Crippen LogP contribution in [0.4, 0.5) is 10.1 Å². The van der Waals surface area contributed by atoms with Gasteiger partial charge in [0.1, 0.15) is 5.82 Å². The Hall–Kier alpha value is -0.300. The van der Waals surface area contributed by atoms with Crippen LogP contribution in [0.25, 0.3) is 0 Å². The number of amidine groups is 1. The van der Waals surface area contributed by atoms with Crippen LogP contribution in [0.1, 0.15) is 20.3 Å². The van der Waals surface area contributed by atoms with Crippen molar-refractivity contribution in [2.75, 3.05) is 11.1 Å². The van der Waals surface area contributed by atoms with Crippen LogP contribution in [0.5, 0.6) is 0 Å². The highest BCUT2D eigenvalue weighted by Crippen LogP contribution is 2.31. The first-order chi connectivity index (χ1) is 8.04. The minimum absolute atomic E-state index is 0.0196. The van der Waals surface area contributed by atoms with Crippen molar-refractivity contribution in [2.24, 2.45) is 4.99 Å². The molecule has 1 aliphatic heterocycles. The largest absolute Gasteiger partial charge is 0.334 e. The van der Waals surface area contributed by atoms with Gasteiger partial charge in [-0.2, -0.15) is 0 Å². The van der Waals surface area contributed by atoms with Gasteiger partial charge in [0.2, 0.25) is 0 Å². The lowest BCUT2D eigenvalue weighted by molar-refractivity contribution is 0.523. The number of anilines is 1. The quantitative estimate of drug-likeness (QED) is 0.799.